The van der Waals surface area contributed by atoms with Crippen LogP contribution in [0.15, 0.2) is 30.6 Å². The van der Waals surface area contributed by atoms with Crippen molar-refractivity contribution in [2.45, 2.75) is 19.9 Å². The fourth-order valence-electron chi connectivity index (χ4n) is 1.98. The molecule has 24 heavy (non-hydrogen) atoms. The number of aromatic nitrogens is 4. The standard InChI is InChI=1S/C15H14ClFN6S/c1-8-6-19-15(24-8)23-13-5-12(16)21-14(22-13)20-9(2)11-4-3-10(17)7-18-11/h3-7,9H,1-2H3,(H2,19,20,21,22,23). The lowest BCUT2D eigenvalue weighted by atomic mass is 10.2. The van der Waals surface area contributed by atoms with Crippen molar-refractivity contribution in [1.82, 2.24) is 19.9 Å². The van der Waals surface area contributed by atoms with Crippen molar-refractivity contribution in [2.24, 2.45) is 0 Å². The smallest absolute Gasteiger partial charge is 0.226 e. The lowest BCUT2D eigenvalue weighted by Crippen LogP contribution is -2.11. The molecule has 1 unspecified atom stereocenters. The third-order valence-corrected chi connectivity index (χ3v) is 4.11. The summed E-state index contributed by atoms with van der Waals surface area (Å²) in [4.78, 5) is 17.9. The number of aryl methyl sites for hydroxylation is 1. The SMILES string of the molecule is Cc1cnc(Nc2cc(Cl)nc(NC(C)c3ccc(F)cn3)n2)s1. The number of pyridine rings is 1. The molecule has 9 heteroatoms. The fraction of sp³-hybridized carbons (Fsp3) is 0.200. The first-order valence-electron chi connectivity index (χ1n) is 7.11. The van der Waals surface area contributed by atoms with E-state index in [9.17, 15) is 4.39 Å². The second-order valence-corrected chi connectivity index (χ2v) is 6.69. The van der Waals surface area contributed by atoms with Gasteiger partial charge in [0, 0.05) is 17.1 Å². The number of nitrogens with zero attached hydrogens (tertiary/aromatic N) is 4. The molecule has 0 amide bonds. The van der Waals surface area contributed by atoms with E-state index in [1.165, 1.54) is 23.6 Å². The van der Waals surface area contributed by atoms with Crippen LogP contribution in [-0.2, 0) is 0 Å². The highest BCUT2D eigenvalue weighted by Gasteiger charge is 2.11. The van der Waals surface area contributed by atoms with E-state index in [4.69, 9.17) is 11.6 Å². The molecule has 0 aliphatic carbocycles. The first kappa shape index (κ1) is 16.5. The molecule has 6 nitrogen and oxygen atoms in total. The molecule has 0 bridgehead atoms. The zero-order valence-electron chi connectivity index (χ0n) is 12.9. The molecular weight excluding hydrogens is 351 g/mol. The minimum atomic E-state index is -0.379. The van der Waals surface area contributed by atoms with E-state index in [0.717, 1.165) is 10.0 Å². The van der Waals surface area contributed by atoms with E-state index in [0.29, 0.717) is 22.6 Å². The third-order valence-electron chi connectivity index (χ3n) is 3.09. The van der Waals surface area contributed by atoms with E-state index in [1.54, 1.807) is 18.3 Å². The third kappa shape index (κ3) is 4.15. The van der Waals surface area contributed by atoms with Crippen LogP contribution in [0.25, 0.3) is 0 Å². The summed E-state index contributed by atoms with van der Waals surface area (Å²) in [6.45, 7) is 3.85. The normalized spacial score (nSPS) is 12.0. The summed E-state index contributed by atoms with van der Waals surface area (Å²) in [6, 6.07) is 4.37. The molecule has 3 rings (SSSR count). The molecule has 3 aromatic heterocycles. The van der Waals surface area contributed by atoms with Gasteiger partial charge in [-0.05, 0) is 26.0 Å². The van der Waals surface area contributed by atoms with Crippen LogP contribution < -0.4 is 10.6 Å². The van der Waals surface area contributed by atoms with Gasteiger partial charge in [-0.15, -0.1) is 11.3 Å². The van der Waals surface area contributed by atoms with Crippen LogP contribution in [0.2, 0.25) is 5.15 Å². The quantitative estimate of drug-likeness (QED) is 0.656. The van der Waals surface area contributed by atoms with Crippen molar-refractivity contribution < 1.29 is 4.39 Å². The molecule has 0 aliphatic heterocycles. The zero-order chi connectivity index (χ0) is 17.1. The molecule has 2 N–H and O–H groups in total. The number of rotatable bonds is 5. The maximum absolute atomic E-state index is 13.0. The fourth-order valence-corrected chi connectivity index (χ4v) is 2.83. The van der Waals surface area contributed by atoms with Crippen LogP contribution >= 0.6 is 22.9 Å². The molecule has 0 fully saturated rings. The summed E-state index contributed by atoms with van der Waals surface area (Å²) >= 11 is 7.57. The lowest BCUT2D eigenvalue weighted by Gasteiger charge is -2.14. The Morgan fingerprint density at radius 3 is 2.71 bits per heavy atom. The van der Waals surface area contributed by atoms with Crippen LogP contribution in [0.5, 0.6) is 0 Å². The van der Waals surface area contributed by atoms with Crippen molar-refractivity contribution in [3.05, 3.63) is 52.1 Å². The molecule has 3 heterocycles. The van der Waals surface area contributed by atoms with Crippen LogP contribution in [-0.4, -0.2) is 19.9 Å². The topological polar surface area (TPSA) is 75.6 Å². The number of halogens is 2. The Kier molecular flexibility index (Phi) is 4.86. The van der Waals surface area contributed by atoms with Gasteiger partial charge in [-0.3, -0.25) is 4.98 Å². The zero-order valence-corrected chi connectivity index (χ0v) is 14.5. The average Bonchev–Trinajstić information content (AvgIpc) is 2.92. The second kappa shape index (κ2) is 7.06. The Bertz CT molecular complexity index is 838. The molecular formula is C15H14ClFN6S. The van der Waals surface area contributed by atoms with Gasteiger partial charge in [-0.25, -0.2) is 14.4 Å². The molecule has 0 saturated heterocycles. The van der Waals surface area contributed by atoms with E-state index >= 15 is 0 Å². The maximum Gasteiger partial charge on any atom is 0.226 e. The van der Waals surface area contributed by atoms with Gasteiger partial charge in [0.2, 0.25) is 5.95 Å². The van der Waals surface area contributed by atoms with Crippen LogP contribution in [0.4, 0.5) is 21.3 Å². The van der Waals surface area contributed by atoms with Gasteiger partial charge in [-0.1, -0.05) is 11.6 Å². The minimum absolute atomic E-state index is 0.209. The summed E-state index contributed by atoms with van der Waals surface area (Å²) in [5.74, 6) is 0.498. The van der Waals surface area contributed by atoms with E-state index < -0.39 is 0 Å². The van der Waals surface area contributed by atoms with Crippen molar-refractivity contribution in [3.8, 4) is 0 Å². The number of hydrogen-bond donors (Lipinski definition) is 2. The summed E-state index contributed by atoms with van der Waals surface area (Å²) in [5.41, 5.74) is 0.671. The lowest BCUT2D eigenvalue weighted by molar-refractivity contribution is 0.617. The number of nitrogens with one attached hydrogen (secondary N) is 2. The number of anilines is 3. The Morgan fingerprint density at radius 1 is 1.21 bits per heavy atom. The molecule has 0 radical (unpaired) electrons. The van der Waals surface area contributed by atoms with E-state index in [2.05, 4.69) is 30.6 Å². The summed E-state index contributed by atoms with van der Waals surface area (Å²) in [7, 11) is 0. The van der Waals surface area contributed by atoms with Gasteiger partial charge in [0.05, 0.1) is 17.9 Å². The first-order chi connectivity index (χ1) is 11.5. The molecule has 124 valence electrons. The summed E-state index contributed by atoms with van der Waals surface area (Å²) in [6.07, 6.45) is 2.95. The molecule has 3 aromatic rings. The van der Waals surface area contributed by atoms with Crippen molar-refractivity contribution in [3.63, 3.8) is 0 Å². The first-order valence-corrected chi connectivity index (χ1v) is 8.31. The minimum Gasteiger partial charge on any atom is -0.346 e. The second-order valence-electron chi connectivity index (χ2n) is 5.07. The van der Waals surface area contributed by atoms with Gasteiger partial charge < -0.3 is 10.6 Å². The predicted octanol–water partition coefficient (Wildman–Crippen LogP) is 4.35. The van der Waals surface area contributed by atoms with Gasteiger partial charge in [0.25, 0.3) is 0 Å². The average molecular weight is 365 g/mol. The van der Waals surface area contributed by atoms with Gasteiger partial charge >= 0.3 is 0 Å². The van der Waals surface area contributed by atoms with Gasteiger partial charge in [0.15, 0.2) is 5.13 Å². The summed E-state index contributed by atoms with van der Waals surface area (Å²) < 4.78 is 13.0. The van der Waals surface area contributed by atoms with Crippen LogP contribution in [0, 0.1) is 12.7 Å². The van der Waals surface area contributed by atoms with Gasteiger partial charge in [-0.2, -0.15) is 4.98 Å². The largest absolute Gasteiger partial charge is 0.346 e. The van der Waals surface area contributed by atoms with Gasteiger partial charge in [0.1, 0.15) is 16.8 Å². The Balaban J connectivity index is 1.76. The Morgan fingerprint density at radius 2 is 2.04 bits per heavy atom. The molecule has 1 atom stereocenters. The monoisotopic (exact) mass is 364 g/mol. The highest BCUT2D eigenvalue weighted by molar-refractivity contribution is 7.15. The predicted molar refractivity (Wildman–Crippen MR) is 93.4 cm³/mol. The highest BCUT2D eigenvalue weighted by Crippen LogP contribution is 2.24. The molecule has 0 saturated carbocycles. The Hall–Kier alpha value is -2.32. The Labute approximate surface area is 147 Å². The summed E-state index contributed by atoms with van der Waals surface area (Å²) in [5, 5.41) is 7.21. The van der Waals surface area contributed by atoms with Crippen molar-refractivity contribution in [2.75, 3.05) is 10.6 Å². The maximum atomic E-state index is 13.0. The number of thiazole rings is 1. The highest BCUT2D eigenvalue weighted by atomic mass is 35.5. The molecule has 0 aliphatic rings. The van der Waals surface area contributed by atoms with E-state index in [-0.39, 0.29) is 11.9 Å². The molecule has 0 spiro atoms. The van der Waals surface area contributed by atoms with Crippen LogP contribution in [0.3, 0.4) is 0 Å². The molecule has 0 aromatic carbocycles. The number of hydrogen-bond acceptors (Lipinski definition) is 7. The van der Waals surface area contributed by atoms with Crippen molar-refractivity contribution in [1.29, 1.82) is 0 Å². The van der Waals surface area contributed by atoms with Crippen molar-refractivity contribution >= 4 is 39.8 Å². The van der Waals surface area contributed by atoms with E-state index in [1.807, 2.05) is 13.8 Å². The van der Waals surface area contributed by atoms with Crippen LogP contribution in [0.1, 0.15) is 23.5 Å².